The van der Waals surface area contributed by atoms with Gasteiger partial charge in [0.15, 0.2) is 11.6 Å². The quantitative estimate of drug-likeness (QED) is 0.516. The molecule has 4 nitrogen and oxygen atoms in total. The van der Waals surface area contributed by atoms with Gasteiger partial charge >= 0.3 is 0 Å². The first-order chi connectivity index (χ1) is 13.2. The Morgan fingerprint density at radius 1 is 0.704 bits per heavy atom. The van der Waals surface area contributed by atoms with Gasteiger partial charge in [-0.2, -0.15) is 5.26 Å². The highest BCUT2D eigenvalue weighted by molar-refractivity contribution is 6.23. The summed E-state index contributed by atoms with van der Waals surface area (Å²) in [5, 5.41) is 9.74. The minimum Gasteiger partial charge on any atom is -0.307 e. The molecule has 27 heavy (non-hydrogen) atoms. The van der Waals surface area contributed by atoms with Gasteiger partial charge in [0.05, 0.1) is 16.6 Å². The number of rotatable bonds is 4. The molecule has 0 atom stereocenters. The molecule has 2 aromatic heterocycles. The number of carbonyl (C=O) groups is 2. The van der Waals surface area contributed by atoms with Crippen molar-refractivity contribution in [1.29, 1.82) is 5.26 Å². The SMILES string of the molecule is N#Cc1c(C(=O)c2ccccc2)c(C(=O)c2ccccc2)c2ccccn12. The van der Waals surface area contributed by atoms with Crippen LogP contribution in [0.25, 0.3) is 5.52 Å². The van der Waals surface area contributed by atoms with Crippen molar-refractivity contribution < 1.29 is 9.59 Å². The largest absolute Gasteiger partial charge is 0.307 e. The molecule has 0 bridgehead atoms. The third-order valence-corrected chi connectivity index (χ3v) is 4.48. The summed E-state index contributed by atoms with van der Waals surface area (Å²) in [6.07, 6.45) is 1.69. The number of nitrogens with zero attached hydrogens (tertiary/aromatic N) is 2. The minimum atomic E-state index is -0.338. The first kappa shape index (κ1) is 16.5. The molecule has 0 unspecified atom stereocenters. The Hall–Kier alpha value is -3.97. The van der Waals surface area contributed by atoms with Crippen molar-refractivity contribution in [2.24, 2.45) is 0 Å². The summed E-state index contributed by atoms with van der Waals surface area (Å²) in [5.74, 6) is -0.616. The normalized spacial score (nSPS) is 10.5. The molecular formula is C23H14N2O2. The molecule has 2 heterocycles. The van der Waals surface area contributed by atoms with Crippen LogP contribution in [0.4, 0.5) is 0 Å². The zero-order valence-corrected chi connectivity index (χ0v) is 14.3. The lowest BCUT2D eigenvalue weighted by Gasteiger charge is -2.05. The van der Waals surface area contributed by atoms with Crippen LogP contribution in [0, 0.1) is 11.3 Å². The lowest BCUT2D eigenvalue weighted by Crippen LogP contribution is -2.10. The number of hydrogen-bond donors (Lipinski definition) is 0. The maximum Gasteiger partial charge on any atom is 0.196 e. The van der Waals surface area contributed by atoms with Crippen LogP contribution < -0.4 is 0 Å². The molecule has 0 aliphatic rings. The van der Waals surface area contributed by atoms with E-state index in [1.807, 2.05) is 12.1 Å². The van der Waals surface area contributed by atoms with Crippen molar-refractivity contribution in [3.05, 3.63) is 113 Å². The highest BCUT2D eigenvalue weighted by Crippen LogP contribution is 2.28. The fourth-order valence-corrected chi connectivity index (χ4v) is 3.24. The molecule has 4 aromatic rings. The van der Waals surface area contributed by atoms with Crippen molar-refractivity contribution >= 4 is 17.1 Å². The summed E-state index contributed by atoms with van der Waals surface area (Å²) in [7, 11) is 0. The molecule has 0 N–H and O–H groups in total. The van der Waals surface area contributed by atoms with Gasteiger partial charge in [-0.25, -0.2) is 0 Å². The van der Waals surface area contributed by atoms with E-state index in [1.54, 1.807) is 77.3 Å². The average molecular weight is 350 g/mol. The molecule has 0 fully saturated rings. The van der Waals surface area contributed by atoms with E-state index in [-0.39, 0.29) is 28.4 Å². The van der Waals surface area contributed by atoms with Gasteiger partial charge < -0.3 is 4.40 Å². The van der Waals surface area contributed by atoms with E-state index in [1.165, 1.54) is 0 Å². The zero-order valence-electron chi connectivity index (χ0n) is 14.3. The van der Waals surface area contributed by atoms with Gasteiger partial charge in [-0.1, -0.05) is 66.7 Å². The molecule has 4 rings (SSSR count). The van der Waals surface area contributed by atoms with Crippen LogP contribution in [-0.2, 0) is 0 Å². The Labute approximate surface area is 155 Å². The van der Waals surface area contributed by atoms with E-state index in [9.17, 15) is 14.9 Å². The maximum atomic E-state index is 13.3. The van der Waals surface area contributed by atoms with Crippen LogP contribution in [-0.4, -0.2) is 16.0 Å². The van der Waals surface area contributed by atoms with Crippen LogP contribution >= 0.6 is 0 Å². The molecule has 0 amide bonds. The number of aromatic nitrogens is 1. The van der Waals surface area contributed by atoms with E-state index in [2.05, 4.69) is 6.07 Å². The second kappa shape index (κ2) is 6.74. The third-order valence-electron chi connectivity index (χ3n) is 4.48. The monoisotopic (exact) mass is 350 g/mol. The predicted octanol–water partition coefficient (Wildman–Crippen LogP) is 4.27. The fraction of sp³-hybridized carbons (Fsp3) is 0. The fourth-order valence-electron chi connectivity index (χ4n) is 3.24. The minimum absolute atomic E-state index is 0.142. The summed E-state index contributed by atoms with van der Waals surface area (Å²) in [6, 6.07) is 24.9. The summed E-state index contributed by atoms with van der Waals surface area (Å²) in [5.41, 5.74) is 2.02. The smallest absolute Gasteiger partial charge is 0.196 e. The molecule has 4 heteroatoms. The molecule has 0 radical (unpaired) electrons. The molecule has 0 spiro atoms. The van der Waals surface area contributed by atoms with Crippen molar-refractivity contribution in [3.8, 4) is 6.07 Å². The Bertz CT molecular complexity index is 1200. The number of hydrogen-bond acceptors (Lipinski definition) is 3. The van der Waals surface area contributed by atoms with E-state index in [0.29, 0.717) is 16.6 Å². The lowest BCUT2D eigenvalue weighted by atomic mass is 9.94. The standard InChI is InChI=1S/C23H14N2O2/c24-15-19-21(23(27)17-11-5-2-6-12-17)20(18-13-7-8-14-25(18)19)22(26)16-9-3-1-4-10-16/h1-14H. The predicted molar refractivity (Wildman–Crippen MR) is 102 cm³/mol. The van der Waals surface area contributed by atoms with E-state index in [0.717, 1.165) is 0 Å². The highest BCUT2D eigenvalue weighted by atomic mass is 16.1. The molecule has 0 aliphatic heterocycles. The topological polar surface area (TPSA) is 62.3 Å². The number of fused-ring (bicyclic) bond motifs is 1. The molecule has 128 valence electrons. The van der Waals surface area contributed by atoms with Gasteiger partial charge in [0.2, 0.25) is 0 Å². The summed E-state index contributed by atoms with van der Waals surface area (Å²) in [4.78, 5) is 26.5. The highest BCUT2D eigenvalue weighted by Gasteiger charge is 2.29. The van der Waals surface area contributed by atoms with E-state index < -0.39 is 0 Å². The Morgan fingerprint density at radius 2 is 1.22 bits per heavy atom. The van der Waals surface area contributed by atoms with Crippen molar-refractivity contribution in [1.82, 2.24) is 4.40 Å². The molecule has 0 saturated carbocycles. The molecule has 0 aliphatic carbocycles. The molecule has 0 saturated heterocycles. The van der Waals surface area contributed by atoms with Crippen molar-refractivity contribution in [2.75, 3.05) is 0 Å². The van der Waals surface area contributed by atoms with Crippen LogP contribution in [0.5, 0.6) is 0 Å². The van der Waals surface area contributed by atoms with Gasteiger partial charge in [0.1, 0.15) is 11.8 Å². The number of pyridine rings is 1. The van der Waals surface area contributed by atoms with E-state index in [4.69, 9.17) is 0 Å². The van der Waals surface area contributed by atoms with Gasteiger partial charge in [0.25, 0.3) is 0 Å². The number of ketones is 2. The van der Waals surface area contributed by atoms with Gasteiger partial charge in [-0.3, -0.25) is 9.59 Å². The number of nitriles is 1. The molecule has 2 aromatic carbocycles. The second-order valence-corrected chi connectivity index (χ2v) is 6.06. The third kappa shape index (κ3) is 2.72. The van der Waals surface area contributed by atoms with Crippen molar-refractivity contribution in [2.45, 2.75) is 0 Å². The van der Waals surface area contributed by atoms with Gasteiger partial charge in [0, 0.05) is 17.3 Å². The maximum absolute atomic E-state index is 13.3. The summed E-state index contributed by atoms with van der Waals surface area (Å²) < 4.78 is 1.60. The second-order valence-electron chi connectivity index (χ2n) is 6.06. The Kier molecular flexibility index (Phi) is 4.12. The number of benzene rings is 2. The molecular weight excluding hydrogens is 336 g/mol. The van der Waals surface area contributed by atoms with Crippen LogP contribution in [0.3, 0.4) is 0 Å². The first-order valence-electron chi connectivity index (χ1n) is 8.45. The average Bonchev–Trinajstić information content (AvgIpc) is 3.08. The number of carbonyl (C=O) groups excluding carboxylic acids is 2. The van der Waals surface area contributed by atoms with Crippen molar-refractivity contribution in [3.63, 3.8) is 0 Å². The first-order valence-corrected chi connectivity index (χ1v) is 8.45. The Balaban J connectivity index is 2.04. The lowest BCUT2D eigenvalue weighted by molar-refractivity contribution is 0.100. The van der Waals surface area contributed by atoms with Crippen LogP contribution in [0.1, 0.15) is 37.5 Å². The summed E-state index contributed by atoms with van der Waals surface area (Å²) in [6.45, 7) is 0. The van der Waals surface area contributed by atoms with E-state index >= 15 is 0 Å². The zero-order chi connectivity index (χ0) is 18.8. The summed E-state index contributed by atoms with van der Waals surface area (Å²) >= 11 is 0. The van der Waals surface area contributed by atoms with Crippen LogP contribution in [0.2, 0.25) is 0 Å². The Morgan fingerprint density at radius 3 is 1.78 bits per heavy atom. The van der Waals surface area contributed by atoms with Gasteiger partial charge in [-0.15, -0.1) is 0 Å². The van der Waals surface area contributed by atoms with Crippen LogP contribution in [0.15, 0.2) is 85.1 Å². The van der Waals surface area contributed by atoms with Gasteiger partial charge in [-0.05, 0) is 12.1 Å².